The van der Waals surface area contributed by atoms with Gasteiger partial charge in [0.2, 0.25) is 5.85 Å². The van der Waals surface area contributed by atoms with Gasteiger partial charge in [-0.15, -0.1) is 0 Å². The third-order valence-electron chi connectivity index (χ3n) is 1.51. The van der Waals surface area contributed by atoms with Gasteiger partial charge in [0.25, 0.3) is 0 Å². The molecule has 1 saturated heterocycles. The van der Waals surface area contributed by atoms with Crippen LogP contribution in [0.1, 0.15) is 12.8 Å². The average Bonchev–Trinajstić information content (AvgIpc) is 1.78. The smallest absolute Gasteiger partial charge is 0.209 e. The molecule has 0 aromatic heterocycles. The Bertz CT molecular complexity index is 97.1. The van der Waals surface area contributed by atoms with Crippen LogP contribution in [0.15, 0.2) is 0 Å². The van der Waals surface area contributed by atoms with Crippen LogP contribution in [0.5, 0.6) is 0 Å². The van der Waals surface area contributed by atoms with Crippen LogP contribution in [0, 0.1) is 0 Å². The summed E-state index contributed by atoms with van der Waals surface area (Å²) in [4.78, 5) is 0. The van der Waals surface area contributed by atoms with E-state index in [0.717, 1.165) is 5.06 Å². The second-order valence-corrected chi connectivity index (χ2v) is 2.37. The number of halogens is 1. The van der Waals surface area contributed by atoms with Crippen molar-refractivity contribution in [1.82, 2.24) is 5.06 Å². The van der Waals surface area contributed by atoms with E-state index < -0.39 is 5.85 Å². The maximum absolute atomic E-state index is 12.5. The van der Waals surface area contributed by atoms with E-state index in [0.29, 0.717) is 0 Å². The lowest BCUT2D eigenvalue weighted by molar-refractivity contribution is -0.189. The predicted octanol–water partition coefficient (Wildman–Crippen LogP) is 0.130. The molecule has 1 rings (SSSR count). The van der Waals surface area contributed by atoms with Crippen LogP contribution < -0.4 is 0 Å². The van der Waals surface area contributed by atoms with E-state index in [1.165, 1.54) is 0 Å². The molecule has 0 aromatic carbocycles. The number of hydrogen-bond donors (Lipinski definition) is 2. The van der Waals surface area contributed by atoms with E-state index in [1.807, 2.05) is 0 Å². The molecule has 4 heteroatoms. The first-order valence-corrected chi connectivity index (χ1v) is 2.95. The first-order valence-electron chi connectivity index (χ1n) is 2.95. The molecule has 0 spiro atoms. The molecule has 1 heterocycles. The Hall–Kier alpha value is -0.190. The summed E-state index contributed by atoms with van der Waals surface area (Å²) in [7, 11) is 0. The van der Waals surface area contributed by atoms with Crippen molar-refractivity contribution in [2.24, 2.45) is 0 Å². The van der Waals surface area contributed by atoms with E-state index in [-0.39, 0.29) is 25.9 Å². The number of nitrogens with zero attached hydrogens (tertiary/aromatic N) is 1. The largest absolute Gasteiger partial charge is 0.362 e. The lowest BCUT2D eigenvalue weighted by Crippen LogP contribution is -2.39. The summed E-state index contributed by atoms with van der Waals surface area (Å²) in [6, 6.07) is 0. The van der Waals surface area contributed by atoms with Gasteiger partial charge >= 0.3 is 0 Å². The average molecular weight is 135 g/mol. The molecule has 0 atom stereocenters. The van der Waals surface area contributed by atoms with Crippen LogP contribution in [0.4, 0.5) is 4.39 Å². The topological polar surface area (TPSA) is 43.7 Å². The Labute approximate surface area is 52.7 Å². The molecule has 0 bridgehead atoms. The molecular weight excluding hydrogens is 125 g/mol. The van der Waals surface area contributed by atoms with Crippen molar-refractivity contribution in [2.45, 2.75) is 18.7 Å². The van der Waals surface area contributed by atoms with E-state index >= 15 is 0 Å². The van der Waals surface area contributed by atoms with Crippen LogP contribution in [0.2, 0.25) is 0 Å². The number of alkyl halides is 1. The summed E-state index contributed by atoms with van der Waals surface area (Å²) in [5.41, 5.74) is 0. The monoisotopic (exact) mass is 135 g/mol. The maximum Gasteiger partial charge on any atom is 0.209 e. The minimum Gasteiger partial charge on any atom is -0.362 e. The third-order valence-corrected chi connectivity index (χ3v) is 1.51. The number of rotatable bonds is 0. The normalized spacial score (nSPS) is 28.3. The summed E-state index contributed by atoms with van der Waals surface area (Å²) in [5.74, 6) is -2.04. The summed E-state index contributed by atoms with van der Waals surface area (Å²) < 4.78 is 12.5. The molecule has 1 aliphatic heterocycles. The predicted molar refractivity (Wildman–Crippen MR) is 28.7 cm³/mol. The highest BCUT2D eigenvalue weighted by molar-refractivity contribution is 4.72. The van der Waals surface area contributed by atoms with Crippen LogP contribution in [0.3, 0.4) is 0 Å². The zero-order valence-corrected chi connectivity index (χ0v) is 5.05. The molecule has 0 aliphatic carbocycles. The van der Waals surface area contributed by atoms with E-state index in [1.54, 1.807) is 0 Å². The fraction of sp³-hybridized carbons (Fsp3) is 1.00. The Morgan fingerprint density at radius 3 is 2.11 bits per heavy atom. The van der Waals surface area contributed by atoms with Gasteiger partial charge in [-0.3, -0.25) is 0 Å². The Morgan fingerprint density at radius 2 is 1.78 bits per heavy atom. The first-order chi connectivity index (χ1) is 4.10. The van der Waals surface area contributed by atoms with Gasteiger partial charge in [0.05, 0.1) is 0 Å². The number of hydroxylamine groups is 2. The molecule has 1 aliphatic rings. The molecule has 9 heavy (non-hydrogen) atoms. The van der Waals surface area contributed by atoms with Crippen molar-refractivity contribution in [3.05, 3.63) is 0 Å². The van der Waals surface area contributed by atoms with Crippen molar-refractivity contribution >= 4 is 0 Å². The molecule has 0 amide bonds. The standard InChI is InChI=1S/C5H10FNO2/c6-5(8)1-3-7(9)4-2-5/h8-9H,1-4H2. The fourth-order valence-corrected chi connectivity index (χ4v) is 0.838. The molecule has 0 aromatic rings. The lowest BCUT2D eigenvalue weighted by atomic mass is 10.1. The third kappa shape index (κ3) is 1.89. The minimum absolute atomic E-state index is 0.00347. The molecule has 54 valence electrons. The SMILES string of the molecule is ON1CCC(O)(F)CC1. The summed E-state index contributed by atoms with van der Waals surface area (Å²) >= 11 is 0. The van der Waals surface area contributed by atoms with Crippen molar-refractivity contribution in [1.29, 1.82) is 0 Å². The molecule has 0 radical (unpaired) electrons. The number of aliphatic hydroxyl groups is 1. The molecule has 0 saturated carbocycles. The van der Waals surface area contributed by atoms with Crippen molar-refractivity contribution in [3.63, 3.8) is 0 Å². The zero-order chi connectivity index (χ0) is 6.91. The molecule has 0 unspecified atom stereocenters. The van der Waals surface area contributed by atoms with Gasteiger partial charge in [-0.05, 0) is 0 Å². The van der Waals surface area contributed by atoms with Crippen LogP contribution >= 0.6 is 0 Å². The fourth-order valence-electron chi connectivity index (χ4n) is 0.838. The highest BCUT2D eigenvalue weighted by Crippen LogP contribution is 2.21. The maximum atomic E-state index is 12.5. The summed E-state index contributed by atoms with van der Waals surface area (Å²) in [5, 5.41) is 18.4. The lowest BCUT2D eigenvalue weighted by Gasteiger charge is -2.28. The van der Waals surface area contributed by atoms with Crippen LogP contribution in [-0.4, -0.2) is 34.3 Å². The Balaban J connectivity index is 2.35. The zero-order valence-electron chi connectivity index (χ0n) is 5.05. The molecule has 2 N–H and O–H groups in total. The van der Waals surface area contributed by atoms with Crippen molar-refractivity contribution in [2.75, 3.05) is 13.1 Å². The second kappa shape index (κ2) is 2.21. The van der Waals surface area contributed by atoms with Gasteiger partial charge in [-0.1, -0.05) is 0 Å². The van der Waals surface area contributed by atoms with Gasteiger partial charge in [-0.25, -0.2) is 4.39 Å². The molecule has 3 nitrogen and oxygen atoms in total. The van der Waals surface area contributed by atoms with Gasteiger partial charge in [-0.2, -0.15) is 5.06 Å². The van der Waals surface area contributed by atoms with Gasteiger partial charge in [0.15, 0.2) is 0 Å². The second-order valence-electron chi connectivity index (χ2n) is 2.37. The first kappa shape index (κ1) is 6.92. The summed E-state index contributed by atoms with van der Waals surface area (Å²) in [6.45, 7) is 0.431. The highest BCUT2D eigenvalue weighted by atomic mass is 19.2. The van der Waals surface area contributed by atoms with Crippen molar-refractivity contribution in [3.8, 4) is 0 Å². The van der Waals surface area contributed by atoms with E-state index in [9.17, 15) is 4.39 Å². The van der Waals surface area contributed by atoms with Gasteiger partial charge in [0.1, 0.15) is 0 Å². The van der Waals surface area contributed by atoms with Crippen LogP contribution in [-0.2, 0) is 0 Å². The number of hydrogen-bond acceptors (Lipinski definition) is 3. The molecule has 1 fully saturated rings. The van der Waals surface area contributed by atoms with E-state index in [4.69, 9.17) is 10.3 Å². The molecular formula is C5H10FNO2. The number of piperidine rings is 1. The van der Waals surface area contributed by atoms with E-state index in [2.05, 4.69) is 0 Å². The van der Waals surface area contributed by atoms with Crippen molar-refractivity contribution < 1.29 is 14.7 Å². The Kier molecular flexibility index (Phi) is 1.70. The Morgan fingerprint density at radius 1 is 1.33 bits per heavy atom. The summed E-state index contributed by atoms with van der Waals surface area (Å²) in [6.07, 6.45) is 0.00694. The van der Waals surface area contributed by atoms with Gasteiger partial charge < -0.3 is 10.3 Å². The van der Waals surface area contributed by atoms with Gasteiger partial charge in [0, 0.05) is 25.9 Å². The highest BCUT2D eigenvalue weighted by Gasteiger charge is 2.30. The quantitative estimate of drug-likeness (QED) is 0.496. The van der Waals surface area contributed by atoms with Crippen LogP contribution in [0.25, 0.3) is 0 Å². The minimum atomic E-state index is -2.04.